The van der Waals surface area contributed by atoms with Gasteiger partial charge in [-0.2, -0.15) is 8.42 Å². The normalized spacial score (nSPS) is 15.8. The van der Waals surface area contributed by atoms with Gasteiger partial charge in [0.2, 0.25) is 0 Å². The van der Waals surface area contributed by atoms with Crippen LogP contribution in [0, 0.1) is 0 Å². The first-order valence-corrected chi connectivity index (χ1v) is 15.1. The van der Waals surface area contributed by atoms with Crippen LogP contribution in [0.3, 0.4) is 0 Å². The molecular weight excluding hydrogens is 512 g/mol. The summed E-state index contributed by atoms with van der Waals surface area (Å²) in [6, 6.07) is 18.4. The third-order valence-electron chi connectivity index (χ3n) is 6.93. The lowest BCUT2D eigenvalue weighted by Crippen LogP contribution is -2.30. The van der Waals surface area contributed by atoms with Crippen LogP contribution in [0.4, 0.5) is 11.4 Å². The monoisotopic (exact) mass is 543 g/mol. The van der Waals surface area contributed by atoms with Gasteiger partial charge in [-0.3, -0.25) is 0 Å². The lowest BCUT2D eigenvalue weighted by molar-refractivity contribution is 0.180. The number of anilines is 2. The van der Waals surface area contributed by atoms with Gasteiger partial charge >= 0.3 is 0 Å². The summed E-state index contributed by atoms with van der Waals surface area (Å²) in [5.74, 6) is 0. The Morgan fingerprint density at radius 3 is 1.57 bits per heavy atom. The fourth-order valence-corrected chi connectivity index (χ4v) is 7.00. The largest absolute Gasteiger partial charge is 0.744 e. The van der Waals surface area contributed by atoms with E-state index in [0.29, 0.717) is 11.1 Å². The van der Waals surface area contributed by atoms with Gasteiger partial charge in [-0.1, -0.05) is 30.3 Å². The van der Waals surface area contributed by atoms with Crippen molar-refractivity contribution in [3.63, 3.8) is 0 Å². The maximum Gasteiger partial charge on any atom is 0.298 e. The Hall–Kier alpha value is -2.92. The Bertz CT molecular complexity index is 1420. The van der Waals surface area contributed by atoms with Crippen LogP contribution in [-0.2, 0) is 30.0 Å². The highest BCUT2D eigenvalue weighted by Gasteiger charge is 2.51. The van der Waals surface area contributed by atoms with Crippen molar-refractivity contribution in [1.82, 2.24) is 0 Å². The molecule has 0 saturated heterocycles. The molecule has 3 aromatic carbocycles. The highest BCUT2D eigenvalue weighted by atomic mass is 32.2. The number of fused-ring (bicyclic) bond motifs is 1. The van der Waals surface area contributed by atoms with Crippen molar-refractivity contribution in [2.45, 2.75) is 43.1 Å². The molecule has 0 aliphatic carbocycles. The summed E-state index contributed by atoms with van der Waals surface area (Å²) in [4.78, 5) is 3.38. The maximum absolute atomic E-state index is 13.3. The predicted molar refractivity (Wildman–Crippen MR) is 143 cm³/mol. The van der Waals surface area contributed by atoms with E-state index in [1.54, 1.807) is 0 Å². The molecule has 8 nitrogen and oxygen atoms in total. The molecule has 0 radical (unpaired) electrons. The minimum Gasteiger partial charge on any atom is -0.744 e. The molecule has 1 aliphatic rings. The second kappa shape index (κ2) is 10.1. The molecule has 37 heavy (non-hydrogen) atoms. The zero-order valence-corrected chi connectivity index (χ0v) is 23.0. The average Bonchev–Trinajstić information content (AvgIpc) is 3.13. The van der Waals surface area contributed by atoms with E-state index in [-0.39, 0.29) is 10.5 Å². The van der Waals surface area contributed by atoms with Crippen molar-refractivity contribution < 1.29 is 25.6 Å². The van der Waals surface area contributed by atoms with E-state index in [1.165, 1.54) is 6.07 Å². The van der Waals surface area contributed by atoms with Gasteiger partial charge in [-0.25, -0.2) is 12.6 Å². The highest BCUT2D eigenvalue weighted by molar-refractivity contribution is 7.87. The molecule has 0 unspecified atom stereocenters. The van der Waals surface area contributed by atoms with E-state index >= 15 is 0 Å². The minimum absolute atomic E-state index is 0.256. The molecule has 4 rings (SSSR count). The van der Waals surface area contributed by atoms with Crippen LogP contribution in [0.25, 0.3) is 0 Å². The van der Waals surface area contributed by atoms with Crippen molar-refractivity contribution in [3.8, 4) is 0 Å². The van der Waals surface area contributed by atoms with E-state index < -0.39 is 30.7 Å². The van der Waals surface area contributed by atoms with Gasteiger partial charge in [-0.15, -0.1) is 0 Å². The molecule has 0 N–H and O–H groups in total. The summed E-state index contributed by atoms with van der Waals surface area (Å²) in [6.45, 7) is 11.5. The first-order valence-electron chi connectivity index (χ1n) is 12.3. The molecule has 198 valence electrons. The van der Waals surface area contributed by atoms with Crippen LogP contribution in [0.1, 0.15) is 44.4 Å². The summed E-state index contributed by atoms with van der Waals surface area (Å²) in [7, 11) is -9.25. The summed E-state index contributed by atoms with van der Waals surface area (Å²) in [5, 5.41) is 0. The Kier molecular flexibility index (Phi) is 7.40. The SMILES string of the molecule is CCN(CC)c1ccc(C2(c3ccc(N(CC)CC)cc3)OS(=O)(=O)c3cc(S(=O)(=O)[O-])ccc32)cc1. The third-order valence-corrected chi connectivity index (χ3v) is 9.11. The summed E-state index contributed by atoms with van der Waals surface area (Å²) < 4.78 is 67.5. The standard InChI is InChI=1S/C27H32N2O6S2/c1-5-28(6-2)22-13-9-20(10-14-22)27(21-11-15-23(16-12-21)29(7-3)8-4)25-18-17-24(36(30,31)32)19-26(25)37(33,34)35-27/h9-19H,5-8H2,1-4H3,(H,30,31,32)/p-1. The van der Waals surface area contributed by atoms with Crippen LogP contribution in [0.15, 0.2) is 76.5 Å². The number of rotatable bonds is 9. The summed E-state index contributed by atoms with van der Waals surface area (Å²) in [5.41, 5.74) is 1.80. The van der Waals surface area contributed by atoms with Crippen molar-refractivity contribution >= 4 is 31.6 Å². The van der Waals surface area contributed by atoms with E-state index in [0.717, 1.165) is 49.7 Å². The molecule has 3 aromatic rings. The van der Waals surface area contributed by atoms with Gasteiger partial charge in [0.1, 0.15) is 15.0 Å². The highest BCUT2D eigenvalue weighted by Crippen LogP contribution is 2.51. The van der Waals surface area contributed by atoms with Gasteiger partial charge in [-0.05, 0) is 75.2 Å². The molecule has 0 aromatic heterocycles. The first-order chi connectivity index (χ1) is 17.5. The topological polar surface area (TPSA) is 107 Å². The second-order valence-electron chi connectivity index (χ2n) is 8.77. The van der Waals surface area contributed by atoms with E-state index in [2.05, 4.69) is 37.5 Å². The maximum atomic E-state index is 13.3. The number of hydrogen-bond donors (Lipinski definition) is 0. The average molecular weight is 544 g/mol. The molecule has 0 saturated carbocycles. The van der Waals surface area contributed by atoms with Gasteiger partial charge in [0, 0.05) is 43.1 Å². The van der Waals surface area contributed by atoms with E-state index in [4.69, 9.17) is 4.18 Å². The van der Waals surface area contributed by atoms with Crippen molar-refractivity contribution in [2.75, 3.05) is 36.0 Å². The number of benzene rings is 3. The lowest BCUT2D eigenvalue weighted by atomic mass is 9.80. The fourth-order valence-electron chi connectivity index (χ4n) is 4.98. The molecule has 1 aliphatic heterocycles. The zero-order chi connectivity index (χ0) is 27.0. The van der Waals surface area contributed by atoms with Crippen molar-refractivity contribution in [1.29, 1.82) is 0 Å². The quantitative estimate of drug-likeness (QED) is 0.291. The summed E-state index contributed by atoms with van der Waals surface area (Å²) >= 11 is 0. The molecule has 10 heteroatoms. The van der Waals surface area contributed by atoms with E-state index in [1.807, 2.05) is 48.5 Å². The van der Waals surface area contributed by atoms with Crippen LogP contribution >= 0.6 is 0 Å². The molecular formula is C27H31N2O6S2-. The Balaban J connectivity index is 1.97. The van der Waals surface area contributed by atoms with Gasteiger partial charge in [0.05, 0.1) is 4.90 Å². The molecule has 0 bridgehead atoms. The third kappa shape index (κ3) is 4.74. The zero-order valence-electron chi connectivity index (χ0n) is 21.3. The van der Waals surface area contributed by atoms with Gasteiger partial charge in [0.25, 0.3) is 10.1 Å². The Labute approximate surface area is 219 Å². The van der Waals surface area contributed by atoms with Crippen molar-refractivity contribution in [3.05, 3.63) is 83.4 Å². The first kappa shape index (κ1) is 27.1. The molecule has 0 amide bonds. The van der Waals surface area contributed by atoms with Crippen LogP contribution in [0.2, 0.25) is 0 Å². The number of hydrogen-bond acceptors (Lipinski definition) is 8. The Morgan fingerprint density at radius 1 is 0.757 bits per heavy atom. The van der Waals surface area contributed by atoms with E-state index in [9.17, 15) is 21.4 Å². The van der Waals surface area contributed by atoms with Gasteiger partial charge < -0.3 is 14.4 Å². The smallest absolute Gasteiger partial charge is 0.298 e. The van der Waals surface area contributed by atoms with Gasteiger partial charge in [0.15, 0.2) is 5.60 Å². The van der Waals surface area contributed by atoms with Crippen molar-refractivity contribution in [2.24, 2.45) is 0 Å². The second-order valence-corrected chi connectivity index (χ2v) is 11.7. The Morgan fingerprint density at radius 2 is 1.19 bits per heavy atom. The minimum atomic E-state index is -4.86. The fraction of sp³-hybridized carbons (Fsp3) is 0.333. The predicted octanol–water partition coefficient (Wildman–Crippen LogP) is 4.29. The van der Waals surface area contributed by atoms with Crippen LogP contribution < -0.4 is 9.80 Å². The number of nitrogens with zero attached hydrogens (tertiary/aromatic N) is 2. The molecule has 0 spiro atoms. The lowest BCUT2D eigenvalue weighted by Gasteiger charge is -2.31. The van der Waals surface area contributed by atoms with Crippen LogP contribution in [0.5, 0.6) is 0 Å². The molecule has 1 heterocycles. The molecule has 0 atom stereocenters. The molecule has 0 fully saturated rings. The van der Waals surface area contributed by atoms with Crippen LogP contribution in [-0.4, -0.2) is 47.6 Å². The summed E-state index contributed by atoms with van der Waals surface area (Å²) in [6.07, 6.45) is 0.